The number of hydrogen-bond acceptors (Lipinski definition) is 3. The van der Waals surface area contributed by atoms with Gasteiger partial charge in [0.15, 0.2) is 0 Å². The molecule has 3 N–H and O–H groups in total. The Balaban J connectivity index is 2.23. The van der Waals surface area contributed by atoms with Gasteiger partial charge in [-0.05, 0) is 33.2 Å². The van der Waals surface area contributed by atoms with E-state index in [0.717, 1.165) is 32.5 Å². The van der Waals surface area contributed by atoms with Gasteiger partial charge < -0.3 is 16.0 Å². The Labute approximate surface area is 92.2 Å². The molecule has 88 valence electrons. The predicted molar refractivity (Wildman–Crippen MR) is 61.5 cm³/mol. The van der Waals surface area contributed by atoms with Crippen LogP contribution in [0.15, 0.2) is 0 Å². The van der Waals surface area contributed by atoms with Crippen molar-refractivity contribution in [3.63, 3.8) is 0 Å². The third-order valence-corrected chi connectivity index (χ3v) is 3.05. The number of carbonyl (C=O) groups is 1. The van der Waals surface area contributed by atoms with E-state index in [1.54, 1.807) is 0 Å². The second-order valence-corrected chi connectivity index (χ2v) is 4.37. The Morgan fingerprint density at radius 2 is 2.33 bits per heavy atom. The summed E-state index contributed by atoms with van der Waals surface area (Å²) in [4.78, 5) is 13.7. The van der Waals surface area contributed by atoms with Crippen molar-refractivity contribution >= 4 is 5.91 Å². The molecule has 1 rings (SSSR count). The van der Waals surface area contributed by atoms with Crippen molar-refractivity contribution in [1.29, 1.82) is 0 Å². The molecule has 0 aliphatic carbocycles. The minimum atomic E-state index is 0.152. The van der Waals surface area contributed by atoms with Gasteiger partial charge in [-0.2, -0.15) is 0 Å². The third kappa shape index (κ3) is 4.18. The van der Waals surface area contributed by atoms with Gasteiger partial charge in [-0.3, -0.25) is 4.79 Å². The van der Waals surface area contributed by atoms with Gasteiger partial charge in [-0.25, -0.2) is 0 Å². The zero-order chi connectivity index (χ0) is 11.3. The summed E-state index contributed by atoms with van der Waals surface area (Å²) in [6.45, 7) is 6.75. The number of carbonyl (C=O) groups excluding carboxylic acids is 1. The standard InChI is InChI=1S/C11H23N3O/c1-3-13-11(15)5-7-14-6-4-10(12)8-9(14)2/h9-10H,3-8,12H2,1-2H3,(H,13,15). The van der Waals surface area contributed by atoms with Crippen LogP contribution in [0.2, 0.25) is 0 Å². The average Bonchev–Trinajstić information content (AvgIpc) is 2.17. The summed E-state index contributed by atoms with van der Waals surface area (Å²) < 4.78 is 0. The highest BCUT2D eigenvalue weighted by atomic mass is 16.1. The summed E-state index contributed by atoms with van der Waals surface area (Å²) >= 11 is 0. The van der Waals surface area contributed by atoms with Crippen LogP contribution in [0.4, 0.5) is 0 Å². The van der Waals surface area contributed by atoms with Crippen LogP contribution in [0, 0.1) is 0 Å². The van der Waals surface area contributed by atoms with Crippen LogP contribution in [0.3, 0.4) is 0 Å². The van der Waals surface area contributed by atoms with Crippen LogP contribution in [0.25, 0.3) is 0 Å². The molecule has 2 atom stereocenters. The van der Waals surface area contributed by atoms with Gasteiger partial charge in [0.05, 0.1) is 0 Å². The van der Waals surface area contributed by atoms with Crippen molar-refractivity contribution in [1.82, 2.24) is 10.2 Å². The maximum atomic E-state index is 11.3. The van der Waals surface area contributed by atoms with E-state index >= 15 is 0 Å². The van der Waals surface area contributed by atoms with Crippen molar-refractivity contribution in [3.8, 4) is 0 Å². The van der Waals surface area contributed by atoms with E-state index < -0.39 is 0 Å². The van der Waals surface area contributed by atoms with Gasteiger partial charge in [0.25, 0.3) is 0 Å². The highest BCUT2D eigenvalue weighted by Crippen LogP contribution is 2.15. The quantitative estimate of drug-likeness (QED) is 0.707. The molecule has 0 saturated carbocycles. The minimum absolute atomic E-state index is 0.152. The van der Waals surface area contributed by atoms with Crippen molar-refractivity contribution in [2.45, 2.75) is 45.2 Å². The van der Waals surface area contributed by atoms with E-state index in [4.69, 9.17) is 5.73 Å². The fourth-order valence-electron chi connectivity index (χ4n) is 2.12. The Morgan fingerprint density at radius 3 is 2.93 bits per heavy atom. The van der Waals surface area contributed by atoms with Crippen molar-refractivity contribution in [2.75, 3.05) is 19.6 Å². The second-order valence-electron chi connectivity index (χ2n) is 4.37. The first-order chi connectivity index (χ1) is 7.13. The molecule has 2 unspecified atom stereocenters. The van der Waals surface area contributed by atoms with Gasteiger partial charge in [-0.15, -0.1) is 0 Å². The molecule has 4 nitrogen and oxygen atoms in total. The van der Waals surface area contributed by atoms with Crippen LogP contribution >= 0.6 is 0 Å². The van der Waals surface area contributed by atoms with E-state index in [1.165, 1.54) is 0 Å². The second kappa shape index (κ2) is 6.08. The first-order valence-electron chi connectivity index (χ1n) is 5.89. The van der Waals surface area contributed by atoms with E-state index in [-0.39, 0.29) is 5.91 Å². The number of amides is 1. The minimum Gasteiger partial charge on any atom is -0.356 e. The number of hydrogen-bond donors (Lipinski definition) is 2. The van der Waals surface area contributed by atoms with Gasteiger partial charge >= 0.3 is 0 Å². The van der Waals surface area contributed by atoms with Gasteiger partial charge in [0, 0.05) is 31.6 Å². The lowest BCUT2D eigenvalue weighted by atomic mass is 9.99. The summed E-state index contributed by atoms with van der Waals surface area (Å²) in [5, 5.41) is 2.82. The molecule has 1 heterocycles. The van der Waals surface area contributed by atoms with Crippen LogP contribution < -0.4 is 11.1 Å². The lowest BCUT2D eigenvalue weighted by molar-refractivity contribution is -0.121. The molecule has 0 aromatic rings. The van der Waals surface area contributed by atoms with Crippen LogP contribution in [0.1, 0.15) is 33.1 Å². The van der Waals surface area contributed by atoms with E-state index in [1.807, 2.05) is 6.92 Å². The molecular formula is C11H23N3O. The smallest absolute Gasteiger partial charge is 0.221 e. The number of rotatable bonds is 4. The predicted octanol–water partition coefficient (Wildman–Crippen LogP) is 0.324. The molecule has 0 aromatic carbocycles. The molecule has 0 aromatic heterocycles. The Bertz CT molecular complexity index is 208. The molecule has 0 radical (unpaired) electrons. The zero-order valence-corrected chi connectivity index (χ0v) is 9.83. The molecule has 15 heavy (non-hydrogen) atoms. The number of likely N-dealkylation sites (tertiary alicyclic amines) is 1. The number of piperidine rings is 1. The Morgan fingerprint density at radius 1 is 1.60 bits per heavy atom. The highest BCUT2D eigenvalue weighted by Gasteiger charge is 2.22. The molecule has 1 fully saturated rings. The Hall–Kier alpha value is -0.610. The molecular weight excluding hydrogens is 190 g/mol. The normalized spacial score (nSPS) is 27.7. The molecule has 1 aliphatic rings. The highest BCUT2D eigenvalue weighted by molar-refractivity contribution is 5.75. The largest absolute Gasteiger partial charge is 0.356 e. The number of nitrogens with zero attached hydrogens (tertiary/aromatic N) is 1. The van der Waals surface area contributed by atoms with Crippen molar-refractivity contribution in [2.24, 2.45) is 5.73 Å². The van der Waals surface area contributed by atoms with Gasteiger partial charge in [-0.1, -0.05) is 0 Å². The molecule has 0 bridgehead atoms. The lowest BCUT2D eigenvalue weighted by Gasteiger charge is -2.36. The maximum Gasteiger partial charge on any atom is 0.221 e. The topological polar surface area (TPSA) is 58.4 Å². The summed E-state index contributed by atoms with van der Waals surface area (Å²) in [6, 6.07) is 0.865. The van der Waals surface area contributed by atoms with Crippen LogP contribution in [0.5, 0.6) is 0 Å². The van der Waals surface area contributed by atoms with Crippen molar-refractivity contribution in [3.05, 3.63) is 0 Å². The summed E-state index contributed by atoms with van der Waals surface area (Å²) in [6.07, 6.45) is 2.71. The third-order valence-electron chi connectivity index (χ3n) is 3.05. The SMILES string of the molecule is CCNC(=O)CCN1CCC(N)CC1C. The molecule has 0 spiro atoms. The lowest BCUT2D eigenvalue weighted by Crippen LogP contribution is -2.46. The first-order valence-corrected chi connectivity index (χ1v) is 5.89. The molecule has 1 saturated heterocycles. The summed E-state index contributed by atoms with van der Waals surface area (Å²) in [5.41, 5.74) is 5.89. The van der Waals surface area contributed by atoms with E-state index in [9.17, 15) is 4.79 Å². The van der Waals surface area contributed by atoms with Gasteiger partial charge in [0.1, 0.15) is 0 Å². The summed E-state index contributed by atoms with van der Waals surface area (Å²) in [7, 11) is 0. The number of nitrogens with one attached hydrogen (secondary N) is 1. The van der Waals surface area contributed by atoms with E-state index in [2.05, 4.69) is 17.1 Å². The van der Waals surface area contributed by atoms with Gasteiger partial charge in [0.2, 0.25) is 5.91 Å². The monoisotopic (exact) mass is 213 g/mol. The van der Waals surface area contributed by atoms with Crippen LogP contribution in [-0.2, 0) is 4.79 Å². The maximum absolute atomic E-state index is 11.3. The zero-order valence-electron chi connectivity index (χ0n) is 9.83. The number of nitrogens with two attached hydrogens (primary N) is 1. The fourth-order valence-corrected chi connectivity index (χ4v) is 2.12. The molecule has 1 amide bonds. The first kappa shape index (κ1) is 12.5. The summed E-state index contributed by atoms with van der Waals surface area (Å²) in [5.74, 6) is 0.152. The fraction of sp³-hybridized carbons (Fsp3) is 0.909. The van der Waals surface area contributed by atoms with Crippen molar-refractivity contribution < 1.29 is 4.79 Å². The Kier molecular flexibility index (Phi) is 5.05. The molecule has 1 aliphatic heterocycles. The van der Waals surface area contributed by atoms with Crippen LogP contribution in [-0.4, -0.2) is 42.5 Å². The average molecular weight is 213 g/mol. The molecule has 4 heteroatoms. The van der Waals surface area contributed by atoms with E-state index in [0.29, 0.717) is 18.5 Å².